The fourth-order valence-electron chi connectivity index (χ4n) is 1.72. The highest BCUT2D eigenvalue weighted by Crippen LogP contribution is 2.18. The van der Waals surface area contributed by atoms with Gasteiger partial charge in [0, 0.05) is 42.7 Å². The van der Waals surface area contributed by atoms with Gasteiger partial charge in [-0.1, -0.05) is 0 Å². The quantitative estimate of drug-likeness (QED) is 0.849. The number of aromatic nitrogens is 1. The first-order chi connectivity index (χ1) is 7.65. The number of amides is 1. The number of halogens is 1. The lowest BCUT2D eigenvalue weighted by Gasteiger charge is -2.11. The molecule has 0 radical (unpaired) electrons. The van der Waals surface area contributed by atoms with Gasteiger partial charge in [0.15, 0.2) is 0 Å². The molecule has 1 aliphatic heterocycles. The minimum absolute atomic E-state index is 0.192. The Hall–Kier alpha value is -1.10. The zero-order valence-electron chi connectivity index (χ0n) is 9.02. The molecule has 1 fully saturated rings. The molecule has 1 aromatic heterocycles. The summed E-state index contributed by atoms with van der Waals surface area (Å²) in [7, 11) is 1.82. The predicted molar refractivity (Wildman–Crippen MR) is 63.2 cm³/mol. The number of carbonyl (C=O) groups is 1. The van der Waals surface area contributed by atoms with Crippen LogP contribution >= 0.6 is 15.9 Å². The average molecular weight is 285 g/mol. The van der Waals surface area contributed by atoms with E-state index in [-0.39, 0.29) is 11.8 Å². The summed E-state index contributed by atoms with van der Waals surface area (Å²) in [6.45, 7) is 1.32. The molecule has 1 amide bonds. The van der Waals surface area contributed by atoms with E-state index in [1.807, 2.05) is 19.2 Å². The zero-order chi connectivity index (χ0) is 11.5. The van der Waals surface area contributed by atoms with Crippen LogP contribution in [-0.4, -0.2) is 36.0 Å². The van der Waals surface area contributed by atoms with Crippen molar-refractivity contribution >= 4 is 21.8 Å². The van der Waals surface area contributed by atoms with Crippen LogP contribution in [0.5, 0.6) is 5.88 Å². The van der Waals surface area contributed by atoms with Crippen molar-refractivity contribution in [1.82, 2.24) is 9.88 Å². The molecule has 2 heterocycles. The highest BCUT2D eigenvalue weighted by molar-refractivity contribution is 9.10. The van der Waals surface area contributed by atoms with E-state index in [0.717, 1.165) is 11.0 Å². The number of hydrogen-bond acceptors (Lipinski definition) is 3. The van der Waals surface area contributed by atoms with Gasteiger partial charge in [0.1, 0.15) is 0 Å². The number of carbonyl (C=O) groups excluding carboxylic acids is 1. The van der Waals surface area contributed by atoms with Gasteiger partial charge in [0.25, 0.3) is 0 Å². The molecule has 0 aliphatic carbocycles. The van der Waals surface area contributed by atoms with Crippen LogP contribution in [0.25, 0.3) is 0 Å². The van der Waals surface area contributed by atoms with E-state index in [1.165, 1.54) is 0 Å². The Morgan fingerprint density at radius 3 is 3.00 bits per heavy atom. The Morgan fingerprint density at radius 1 is 1.62 bits per heavy atom. The molecule has 1 aliphatic rings. The van der Waals surface area contributed by atoms with Crippen molar-refractivity contribution in [2.24, 2.45) is 5.92 Å². The lowest BCUT2D eigenvalue weighted by atomic mass is 10.1. The SMILES string of the molecule is CN1CC(COc2ccc(Br)cn2)CC1=O. The second-order valence-corrected chi connectivity index (χ2v) is 4.89. The number of hydrogen-bond donors (Lipinski definition) is 0. The van der Waals surface area contributed by atoms with Crippen molar-refractivity contribution in [1.29, 1.82) is 0 Å². The maximum Gasteiger partial charge on any atom is 0.222 e. The molecule has 5 heteroatoms. The van der Waals surface area contributed by atoms with Crippen molar-refractivity contribution in [3.8, 4) is 5.88 Å². The van der Waals surface area contributed by atoms with Crippen molar-refractivity contribution in [3.05, 3.63) is 22.8 Å². The summed E-state index contributed by atoms with van der Waals surface area (Å²) in [5.74, 6) is 1.07. The second kappa shape index (κ2) is 4.82. The first-order valence-electron chi connectivity index (χ1n) is 5.13. The minimum atomic E-state index is 0.192. The van der Waals surface area contributed by atoms with Crippen molar-refractivity contribution in [3.63, 3.8) is 0 Å². The van der Waals surface area contributed by atoms with Gasteiger partial charge < -0.3 is 9.64 Å². The highest BCUT2D eigenvalue weighted by atomic mass is 79.9. The highest BCUT2D eigenvalue weighted by Gasteiger charge is 2.27. The van der Waals surface area contributed by atoms with Crippen LogP contribution in [0.2, 0.25) is 0 Å². The van der Waals surface area contributed by atoms with E-state index in [2.05, 4.69) is 20.9 Å². The summed E-state index contributed by atoms with van der Waals surface area (Å²) in [6, 6.07) is 3.69. The molecule has 86 valence electrons. The van der Waals surface area contributed by atoms with Gasteiger partial charge in [0.2, 0.25) is 11.8 Å². The lowest BCUT2D eigenvalue weighted by Crippen LogP contribution is -2.20. The zero-order valence-corrected chi connectivity index (χ0v) is 10.6. The third-order valence-corrected chi connectivity index (χ3v) is 3.06. The third-order valence-electron chi connectivity index (χ3n) is 2.59. The molecule has 0 aromatic carbocycles. The minimum Gasteiger partial charge on any atom is -0.477 e. The Bertz CT molecular complexity index is 380. The molecule has 0 spiro atoms. The molecule has 16 heavy (non-hydrogen) atoms. The van der Waals surface area contributed by atoms with Crippen LogP contribution in [-0.2, 0) is 4.79 Å². The topological polar surface area (TPSA) is 42.4 Å². The van der Waals surface area contributed by atoms with E-state index in [0.29, 0.717) is 18.9 Å². The molecule has 1 unspecified atom stereocenters. The predicted octanol–water partition coefficient (Wildman–Crippen LogP) is 1.70. The summed E-state index contributed by atoms with van der Waals surface area (Å²) in [4.78, 5) is 17.1. The summed E-state index contributed by atoms with van der Waals surface area (Å²) >= 11 is 3.31. The van der Waals surface area contributed by atoms with E-state index >= 15 is 0 Å². The molecule has 2 rings (SSSR count). The normalized spacial score (nSPS) is 20.2. The Balaban J connectivity index is 1.84. The van der Waals surface area contributed by atoms with Crippen molar-refractivity contribution in [2.75, 3.05) is 20.2 Å². The van der Waals surface area contributed by atoms with Gasteiger partial charge in [-0.25, -0.2) is 4.98 Å². The molecular formula is C11H13BrN2O2. The van der Waals surface area contributed by atoms with Crippen LogP contribution in [0, 0.1) is 5.92 Å². The Morgan fingerprint density at radius 2 is 2.44 bits per heavy atom. The fourth-order valence-corrected chi connectivity index (χ4v) is 1.95. The molecule has 0 bridgehead atoms. The van der Waals surface area contributed by atoms with Crippen molar-refractivity contribution in [2.45, 2.75) is 6.42 Å². The number of ether oxygens (including phenoxy) is 1. The van der Waals surface area contributed by atoms with Gasteiger partial charge in [-0.05, 0) is 22.0 Å². The molecule has 1 atom stereocenters. The molecule has 4 nitrogen and oxygen atoms in total. The maximum absolute atomic E-state index is 11.3. The molecule has 0 N–H and O–H groups in total. The van der Waals surface area contributed by atoms with Crippen LogP contribution in [0.3, 0.4) is 0 Å². The van der Waals surface area contributed by atoms with Gasteiger partial charge in [0.05, 0.1) is 6.61 Å². The average Bonchev–Trinajstić information content (AvgIpc) is 2.58. The standard InChI is InChI=1S/C11H13BrN2O2/c1-14-6-8(4-11(14)15)7-16-10-3-2-9(12)5-13-10/h2-3,5,8H,4,6-7H2,1H3. The lowest BCUT2D eigenvalue weighted by molar-refractivity contribution is -0.126. The largest absolute Gasteiger partial charge is 0.477 e. The summed E-state index contributed by atoms with van der Waals surface area (Å²) in [5.41, 5.74) is 0. The Kier molecular flexibility index (Phi) is 3.43. The summed E-state index contributed by atoms with van der Waals surface area (Å²) in [5, 5.41) is 0. The molecule has 1 aromatic rings. The van der Waals surface area contributed by atoms with Gasteiger partial charge in [-0.2, -0.15) is 0 Å². The van der Waals surface area contributed by atoms with E-state index in [1.54, 1.807) is 11.1 Å². The third kappa shape index (κ3) is 2.72. The van der Waals surface area contributed by atoms with E-state index in [4.69, 9.17) is 4.74 Å². The van der Waals surface area contributed by atoms with Crippen LogP contribution in [0.1, 0.15) is 6.42 Å². The maximum atomic E-state index is 11.3. The van der Waals surface area contributed by atoms with E-state index in [9.17, 15) is 4.79 Å². The van der Waals surface area contributed by atoms with Crippen LogP contribution in [0.4, 0.5) is 0 Å². The van der Waals surface area contributed by atoms with Crippen LogP contribution in [0.15, 0.2) is 22.8 Å². The Labute approximate surface area is 103 Å². The van der Waals surface area contributed by atoms with Crippen molar-refractivity contribution < 1.29 is 9.53 Å². The van der Waals surface area contributed by atoms with Gasteiger partial charge in [-0.3, -0.25) is 4.79 Å². The summed E-state index contributed by atoms with van der Waals surface area (Å²) < 4.78 is 6.46. The van der Waals surface area contributed by atoms with E-state index < -0.39 is 0 Å². The monoisotopic (exact) mass is 284 g/mol. The summed E-state index contributed by atoms with van der Waals surface area (Å²) in [6.07, 6.45) is 2.27. The molecule has 1 saturated heterocycles. The molecule has 0 saturated carbocycles. The van der Waals surface area contributed by atoms with Crippen LogP contribution < -0.4 is 4.74 Å². The number of pyridine rings is 1. The first kappa shape index (κ1) is 11.4. The second-order valence-electron chi connectivity index (χ2n) is 3.97. The number of rotatable bonds is 3. The fraction of sp³-hybridized carbons (Fsp3) is 0.455. The smallest absolute Gasteiger partial charge is 0.222 e. The number of likely N-dealkylation sites (tertiary alicyclic amines) is 1. The van der Waals surface area contributed by atoms with Gasteiger partial charge >= 0.3 is 0 Å². The molecular weight excluding hydrogens is 272 g/mol. The van der Waals surface area contributed by atoms with Gasteiger partial charge in [-0.15, -0.1) is 0 Å². The number of nitrogens with zero attached hydrogens (tertiary/aromatic N) is 2. The first-order valence-corrected chi connectivity index (χ1v) is 5.93.